The number of rotatable bonds is 13. The molecule has 250 valence electrons. The highest BCUT2D eigenvalue weighted by Gasteiger charge is 2.46. The summed E-state index contributed by atoms with van der Waals surface area (Å²) in [6.07, 6.45) is 5.88. The molecule has 2 aliphatic carbocycles. The van der Waals surface area contributed by atoms with Gasteiger partial charge in [0.15, 0.2) is 6.35 Å². The van der Waals surface area contributed by atoms with Gasteiger partial charge in [0.25, 0.3) is 5.91 Å². The smallest absolute Gasteiger partial charge is 0.324 e. The molecule has 2 saturated carbocycles. The number of carbonyl (C=O) groups excluding carboxylic acids is 5. The highest BCUT2D eigenvalue weighted by atomic mass is 16.6. The lowest BCUT2D eigenvalue weighted by molar-refractivity contribution is -0.162. The summed E-state index contributed by atoms with van der Waals surface area (Å²) in [4.78, 5) is 66.8. The van der Waals surface area contributed by atoms with E-state index in [-0.39, 0.29) is 23.7 Å². The van der Waals surface area contributed by atoms with Crippen molar-refractivity contribution in [2.75, 3.05) is 6.54 Å². The summed E-state index contributed by atoms with van der Waals surface area (Å²) in [5, 5.41) is 19.9. The van der Waals surface area contributed by atoms with Crippen LogP contribution in [0, 0.1) is 23.2 Å². The molecular formula is C32H55N5O7. The molecule has 44 heavy (non-hydrogen) atoms. The first-order valence-electron chi connectivity index (χ1n) is 16.3. The van der Waals surface area contributed by atoms with Gasteiger partial charge in [-0.05, 0) is 69.6 Å². The van der Waals surface area contributed by atoms with Crippen molar-refractivity contribution in [1.82, 2.24) is 20.9 Å². The van der Waals surface area contributed by atoms with E-state index in [4.69, 9.17) is 10.5 Å². The number of primary amides is 1. The van der Waals surface area contributed by atoms with Crippen molar-refractivity contribution in [1.29, 1.82) is 0 Å². The van der Waals surface area contributed by atoms with E-state index in [0.717, 1.165) is 44.9 Å². The fraction of sp³-hybridized carbons (Fsp3) is 0.844. The Morgan fingerprint density at radius 1 is 0.932 bits per heavy atom. The number of aliphatic hydroxyl groups excluding tert-OH is 1. The summed E-state index contributed by atoms with van der Waals surface area (Å²) in [5.41, 5.74) is 3.97. The molecule has 1 saturated heterocycles. The summed E-state index contributed by atoms with van der Waals surface area (Å²) in [5.74, 6) is -3.24. The maximum atomic E-state index is 14.2. The number of aliphatic hydroxyl groups is 1. The SMILES string of the molecule is C[C@H]1CCN(C(=O)[C@@H](NC(O)N[C@H](C(=O)OC(C)(C)C)C(C)(C)C)C2CCCC2)[C@@H]1C(=O)NC(CC1CCC1)C(=O)C(N)=O. The van der Waals surface area contributed by atoms with E-state index in [1.54, 1.807) is 20.8 Å². The second-order valence-electron chi connectivity index (χ2n) is 15.2. The normalized spacial score (nSPS) is 24.2. The highest BCUT2D eigenvalue weighted by Crippen LogP contribution is 2.33. The number of nitrogens with zero attached hydrogens (tertiary/aromatic N) is 1. The van der Waals surface area contributed by atoms with Crippen LogP contribution in [0.2, 0.25) is 0 Å². The number of esters is 1. The Hall–Kier alpha value is -2.57. The molecule has 0 aromatic rings. The van der Waals surface area contributed by atoms with Crippen LogP contribution in [0.5, 0.6) is 0 Å². The summed E-state index contributed by atoms with van der Waals surface area (Å²) < 4.78 is 5.60. The molecule has 2 unspecified atom stereocenters. The van der Waals surface area contributed by atoms with Gasteiger partial charge in [-0.1, -0.05) is 59.8 Å². The predicted octanol–water partition coefficient (Wildman–Crippen LogP) is 1.72. The van der Waals surface area contributed by atoms with Crippen LogP contribution < -0.4 is 21.7 Å². The van der Waals surface area contributed by atoms with Crippen LogP contribution >= 0.6 is 0 Å². The summed E-state index contributed by atoms with van der Waals surface area (Å²) in [7, 11) is 0. The summed E-state index contributed by atoms with van der Waals surface area (Å²) >= 11 is 0. The number of hydrogen-bond donors (Lipinski definition) is 5. The zero-order valence-electron chi connectivity index (χ0n) is 27.6. The summed E-state index contributed by atoms with van der Waals surface area (Å²) in [6.45, 7) is 13.1. The average molecular weight is 622 g/mol. The fourth-order valence-electron chi connectivity index (χ4n) is 6.60. The molecule has 1 aliphatic heterocycles. The van der Waals surface area contributed by atoms with Gasteiger partial charge < -0.3 is 25.8 Å². The predicted molar refractivity (Wildman–Crippen MR) is 164 cm³/mol. The topological polar surface area (TPSA) is 180 Å². The molecular weight excluding hydrogens is 566 g/mol. The van der Waals surface area contributed by atoms with Gasteiger partial charge in [-0.25, -0.2) is 0 Å². The van der Waals surface area contributed by atoms with Crippen LogP contribution in [0.15, 0.2) is 0 Å². The Labute approximate surface area is 261 Å². The maximum absolute atomic E-state index is 14.2. The first-order valence-corrected chi connectivity index (χ1v) is 16.3. The molecule has 3 amide bonds. The molecule has 1 heterocycles. The molecule has 0 spiro atoms. The van der Waals surface area contributed by atoms with E-state index < -0.39 is 65.1 Å². The third-order valence-electron chi connectivity index (χ3n) is 9.23. The Kier molecular flexibility index (Phi) is 12.0. The molecule has 0 aromatic carbocycles. The van der Waals surface area contributed by atoms with Crippen LogP contribution in [0.4, 0.5) is 0 Å². The zero-order chi connectivity index (χ0) is 33.0. The first-order chi connectivity index (χ1) is 20.4. The standard InChI is InChI=1S/C32H55N5O7/c1-18-15-16-37(23(18)27(40)34-21(24(38)26(33)39)17-19-11-10-12-19)28(41)22(20-13-8-9-14-20)35-30(43)36-25(31(2,3)4)29(42)44-32(5,6)7/h18-23,25,30,35-36,43H,8-17H2,1-7H3,(H2,33,39)(H,34,40)/t18-,21?,22-,23-,25+,30?/m0/s1. The molecule has 12 heteroatoms. The molecule has 3 rings (SSSR count). The first kappa shape index (κ1) is 35.9. The number of amides is 3. The van der Waals surface area contributed by atoms with Crippen molar-refractivity contribution in [2.45, 2.75) is 142 Å². The molecule has 6 N–H and O–H groups in total. The Morgan fingerprint density at radius 3 is 2.05 bits per heavy atom. The lowest BCUT2D eigenvalue weighted by Crippen LogP contribution is -2.63. The minimum Gasteiger partial charge on any atom is -0.459 e. The number of nitrogens with one attached hydrogen (secondary N) is 3. The third kappa shape index (κ3) is 9.47. The van der Waals surface area contributed by atoms with Crippen LogP contribution in [0.1, 0.15) is 106 Å². The average Bonchev–Trinajstić information content (AvgIpc) is 3.54. The Bertz CT molecular complexity index is 1060. The number of likely N-dealkylation sites (tertiary alicyclic amines) is 1. The lowest BCUT2D eigenvalue weighted by atomic mass is 9.80. The highest BCUT2D eigenvalue weighted by molar-refractivity contribution is 6.37. The number of ketones is 1. The third-order valence-corrected chi connectivity index (χ3v) is 9.23. The Balaban J connectivity index is 1.78. The van der Waals surface area contributed by atoms with Crippen molar-refractivity contribution in [3.05, 3.63) is 0 Å². The van der Waals surface area contributed by atoms with Gasteiger partial charge >= 0.3 is 5.97 Å². The van der Waals surface area contributed by atoms with E-state index >= 15 is 0 Å². The lowest BCUT2D eigenvalue weighted by Gasteiger charge is -2.37. The van der Waals surface area contributed by atoms with Gasteiger partial charge in [-0.3, -0.25) is 34.6 Å². The van der Waals surface area contributed by atoms with E-state index in [9.17, 15) is 29.1 Å². The minimum absolute atomic E-state index is 0.0732. The largest absolute Gasteiger partial charge is 0.459 e. The molecule has 12 nitrogen and oxygen atoms in total. The van der Waals surface area contributed by atoms with E-state index in [0.29, 0.717) is 19.4 Å². The van der Waals surface area contributed by atoms with Gasteiger partial charge in [-0.15, -0.1) is 0 Å². The molecule has 3 aliphatic rings. The van der Waals surface area contributed by atoms with Gasteiger partial charge in [-0.2, -0.15) is 0 Å². The number of ether oxygens (including phenoxy) is 1. The molecule has 0 radical (unpaired) electrons. The monoisotopic (exact) mass is 621 g/mol. The van der Waals surface area contributed by atoms with E-state index in [1.807, 2.05) is 27.7 Å². The van der Waals surface area contributed by atoms with E-state index in [1.165, 1.54) is 4.90 Å². The molecule has 3 fully saturated rings. The van der Waals surface area contributed by atoms with Gasteiger partial charge in [0, 0.05) is 6.54 Å². The summed E-state index contributed by atoms with van der Waals surface area (Å²) in [6, 6.07) is -3.54. The number of Topliss-reactive ketones (excluding diaryl/α,β-unsaturated/α-hetero) is 1. The van der Waals surface area contributed by atoms with Gasteiger partial charge in [0.1, 0.15) is 17.7 Å². The van der Waals surface area contributed by atoms with Crippen molar-refractivity contribution >= 4 is 29.5 Å². The van der Waals surface area contributed by atoms with Crippen LogP contribution in [0.25, 0.3) is 0 Å². The molecule has 0 aromatic heterocycles. The van der Waals surface area contributed by atoms with Crippen molar-refractivity contribution in [2.24, 2.45) is 28.9 Å². The van der Waals surface area contributed by atoms with Gasteiger partial charge in [0.2, 0.25) is 17.6 Å². The minimum atomic E-state index is -1.41. The second kappa shape index (κ2) is 14.7. The van der Waals surface area contributed by atoms with Crippen LogP contribution in [-0.2, 0) is 28.7 Å². The van der Waals surface area contributed by atoms with Crippen molar-refractivity contribution < 1.29 is 33.8 Å². The number of carbonyl (C=O) groups is 5. The zero-order valence-corrected chi connectivity index (χ0v) is 27.6. The maximum Gasteiger partial charge on any atom is 0.324 e. The van der Waals surface area contributed by atoms with Crippen LogP contribution in [-0.4, -0.2) is 82.1 Å². The van der Waals surface area contributed by atoms with Crippen LogP contribution in [0.3, 0.4) is 0 Å². The van der Waals surface area contributed by atoms with E-state index in [2.05, 4.69) is 16.0 Å². The second-order valence-corrected chi connectivity index (χ2v) is 15.2. The fourth-order valence-corrected chi connectivity index (χ4v) is 6.60. The number of hydrogen-bond acceptors (Lipinski definition) is 9. The number of nitrogens with two attached hydrogens (primary N) is 1. The van der Waals surface area contributed by atoms with Gasteiger partial charge in [0.05, 0.1) is 12.1 Å². The Morgan fingerprint density at radius 2 is 1.55 bits per heavy atom. The molecule has 6 atom stereocenters. The molecule has 0 bridgehead atoms. The quantitative estimate of drug-likeness (QED) is 0.116. The van der Waals surface area contributed by atoms with Crippen molar-refractivity contribution in [3.63, 3.8) is 0 Å². The van der Waals surface area contributed by atoms with Crippen molar-refractivity contribution in [3.8, 4) is 0 Å².